The molecule has 0 saturated heterocycles. The average Bonchev–Trinajstić information content (AvgIpc) is 3.51. The first-order valence-corrected chi connectivity index (χ1v) is 10.7. The molecule has 188 valence electrons. The van der Waals surface area contributed by atoms with E-state index in [1.807, 2.05) is 0 Å². The molecule has 2 N–H and O–H groups in total. The van der Waals surface area contributed by atoms with Crippen LogP contribution in [0.1, 0.15) is 46.3 Å². The Morgan fingerprint density at radius 2 is 1.97 bits per heavy atom. The van der Waals surface area contributed by atoms with Crippen LogP contribution in [0.25, 0.3) is 0 Å². The summed E-state index contributed by atoms with van der Waals surface area (Å²) in [5.74, 6) is -2.70. The van der Waals surface area contributed by atoms with Crippen molar-refractivity contribution in [3.05, 3.63) is 87.1 Å². The summed E-state index contributed by atoms with van der Waals surface area (Å²) in [6.45, 7) is 1.59. The fourth-order valence-corrected chi connectivity index (χ4v) is 4.01. The molecule has 0 aliphatic heterocycles. The van der Waals surface area contributed by atoms with Gasteiger partial charge in [0.2, 0.25) is 5.75 Å². The van der Waals surface area contributed by atoms with Crippen molar-refractivity contribution in [2.45, 2.75) is 25.1 Å². The van der Waals surface area contributed by atoms with Crippen molar-refractivity contribution in [1.29, 1.82) is 0 Å². The summed E-state index contributed by atoms with van der Waals surface area (Å²) in [6, 6.07) is 5.50. The third-order valence-corrected chi connectivity index (χ3v) is 5.87. The number of alkyl halides is 3. The van der Waals surface area contributed by atoms with E-state index in [0.717, 1.165) is 21.7 Å². The number of anilines is 1. The molecule has 0 bridgehead atoms. The predicted molar refractivity (Wildman–Crippen MR) is 121 cm³/mol. The molecule has 4 aromatic rings. The molecule has 10 nitrogen and oxygen atoms in total. The highest BCUT2D eigenvalue weighted by Gasteiger charge is 2.35. The molecule has 1 aromatic carbocycles. The summed E-state index contributed by atoms with van der Waals surface area (Å²) in [7, 11) is 1.32. The molecule has 0 radical (unpaired) electrons. The van der Waals surface area contributed by atoms with Crippen molar-refractivity contribution in [1.82, 2.24) is 24.5 Å². The van der Waals surface area contributed by atoms with E-state index in [1.54, 1.807) is 31.2 Å². The smallest absolute Gasteiger partial charge is 0.419 e. The average molecular weight is 523 g/mol. The highest BCUT2D eigenvalue weighted by atomic mass is 35.5. The van der Waals surface area contributed by atoms with Gasteiger partial charge in [0.25, 0.3) is 11.5 Å². The van der Waals surface area contributed by atoms with Crippen LogP contribution in [0.2, 0.25) is 5.02 Å². The highest BCUT2D eigenvalue weighted by molar-refractivity contribution is 6.31. The summed E-state index contributed by atoms with van der Waals surface area (Å²) in [5, 5.41) is 20.3. The van der Waals surface area contributed by atoms with Crippen LogP contribution in [0.4, 0.5) is 18.9 Å². The van der Waals surface area contributed by atoms with Crippen molar-refractivity contribution in [2.24, 2.45) is 7.05 Å². The Morgan fingerprint density at radius 1 is 1.25 bits per heavy atom. The van der Waals surface area contributed by atoms with Gasteiger partial charge in [-0.15, -0.1) is 0 Å². The first kappa shape index (κ1) is 25.0. The summed E-state index contributed by atoms with van der Waals surface area (Å²) in [6.07, 6.45) is -0.810. The van der Waals surface area contributed by atoms with Crippen LogP contribution in [0, 0.1) is 0 Å². The zero-order valence-corrected chi connectivity index (χ0v) is 19.4. The lowest BCUT2D eigenvalue weighted by Crippen LogP contribution is -2.30. The van der Waals surface area contributed by atoms with E-state index >= 15 is 0 Å². The number of benzene rings is 1. The molecule has 1 amide bonds. The minimum atomic E-state index is -4.64. The lowest BCUT2D eigenvalue weighted by atomic mass is 9.93. The van der Waals surface area contributed by atoms with E-state index < -0.39 is 46.6 Å². The van der Waals surface area contributed by atoms with E-state index in [0.29, 0.717) is 11.8 Å². The number of carbonyl (C=O) groups is 1. The van der Waals surface area contributed by atoms with Crippen LogP contribution >= 0.6 is 11.6 Å². The fourth-order valence-electron chi connectivity index (χ4n) is 3.76. The molecule has 0 fully saturated rings. The lowest BCUT2D eigenvalue weighted by molar-refractivity contribution is -0.137. The Kier molecular flexibility index (Phi) is 6.59. The Labute approximate surface area is 205 Å². The maximum absolute atomic E-state index is 13.3. The molecular formula is C22H18ClF3N6O4. The molecule has 0 saturated carbocycles. The maximum atomic E-state index is 13.3. The van der Waals surface area contributed by atoms with Gasteiger partial charge < -0.3 is 14.9 Å². The molecule has 0 aliphatic rings. The topological polar surface area (TPSA) is 128 Å². The summed E-state index contributed by atoms with van der Waals surface area (Å²) in [5.41, 5.74) is -1.94. The molecule has 3 aromatic heterocycles. The second kappa shape index (κ2) is 9.49. The monoisotopic (exact) mass is 522 g/mol. The van der Waals surface area contributed by atoms with E-state index in [-0.39, 0.29) is 16.5 Å². The quantitative estimate of drug-likeness (QED) is 0.392. The van der Waals surface area contributed by atoms with Crippen LogP contribution < -0.4 is 10.9 Å². The number of halogens is 4. The molecular weight excluding hydrogens is 505 g/mol. The zero-order chi connectivity index (χ0) is 26.2. The summed E-state index contributed by atoms with van der Waals surface area (Å²) < 4.78 is 46.6. The molecule has 3 heterocycles. The minimum Gasteiger partial charge on any atom is -0.501 e. The molecule has 2 atom stereocenters. The summed E-state index contributed by atoms with van der Waals surface area (Å²) >= 11 is 6.38. The van der Waals surface area contributed by atoms with Crippen molar-refractivity contribution in [3.8, 4) is 5.75 Å². The van der Waals surface area contributed by atoms with Gasteiger partial charge in [-0.05, 0) is 11.6 Å². The second-order valence-electron chi connectivity index (χ2n) is 7.86. The first-order chi connectivity index (χ1) is 17.0. The number of amides is 1. The van der Waals surface area contributed by atoms with Gasteiger partial charge in [-0.1, -0.05) is 41.9 Å². The SMILES string of the molecule is C[C@@H](c1nc(C(=O)Nc2cnoc2)c(O)c(=O)n1C)[C@@H](c1ccccc1Cl)n1cc(C(F)(F)F)cn1. The first-order valence-electron chi connectivity index (χ1n) is 10.4. The van der Waals surface area contributed by atoms with Gasteiger partial charge in [0.15, 0.2) is 5.69 Å². The fraction of sp³-hybridized carbons (Fsp3) is 0.227. The molecule has 4 rings (SSSR count). The zero-order valence-electron chi connectivity index (χ0n) is 18.7. The summed E-state index contributed by atoms with van der Waals surface area (Å²) in [4.78, 5) is 29.7. The Hall–Kier alpha value is -4.13. The van der Waals surface area contributed by atoms with Crippen LogP contribution in [-0.2, 0) is 13.2 Å². The lowest BCUT2D eigenvalue weighted by Gasteiger charge is -2.27. The molecule has 0 aliphatic carbocycles. The molecule has 36 heavy (non-hydrogen) atoms. The van der Waals surface area contributed by atoms with E-state index in [4.69, 9.17) is 11.6 Å². The standard InChI is InChI=1S/C22H18ClF3N6O4/c1-11(17(14-5-3-4-6-15(14)23)32-9-12(7-27-32)22(24,25)26)19-30-16(18(33)21(35)31(19)2)20(34)29-13-8-28-36-10-13/h3-11,17,33H,1-2H3,(H,29,34)/t11-,17+/m1/s1. The van der Waals surface area contributed by atoms with Gasteiger partial charge >= 0.3 is 6.18 Å². The number of aromatic hydroxyl groups is 1. The van der Waals surface area contributed by atoms with Crippen LogP contribution in [-0.4, -0.2) is 35.5 Å². The number of aromatic nitrogens is 5. The normalized spacial score (nSPS) is 13.4. The number of rotatable bonds is 6. The third kappa shape index (κ3) is 4.69. The Morgan fingerprint density at radius 3 is 2.58 bits per heavy atom. The third-order valence-electron chi connectivity index (χ3n) is 5.53. The van der Waals surface area contributed by atoms with E-state index in [1.165, 1.54) is 13.2 Å². The van der Waals surface area contributed by atoms with Gasteiger partial charge in [0.05, 0.1) is 24.0 Å². The predicted octanol–water partition coefficient (Wildman–Crippen LogP) is 3.99. The number of nitrogens with zero attached hydrogens (tertiary/aromatic N) is 5. The van der Waals surface area contributed by atoms with E-state index in [9.17, 15) is 27.9 Å². The largest absolute Gasteiger partial charge is 0.501 e. The highest BCUT2D eigenvalue weighted by Crippen LogP contribution is 2.38. The number of hydrogen-bond acceptors (Lipinski definition) is 7. The Balaban J connectivity index is 1.85. The second-order valence-corrected chi connectivity index (χ2v) is 8.27. The van der Waals surface area contributed by atoms with Gasteiger partial charge in [0, 0.05) is 24.2 Å². The van der Waals surface area contributed by atoms with Gasteiger partial charge in [-0.25, -0.2) is 4.98 Å². The minimum absolute atomic E-state index is 0.0118. The van der Waals surface area contributed by atoms with Gasteiger partial charge in [-0.2, -0.15) is 18.3 Å². The van der Waals surface area contributed by atoms with Crippen LogP contribution in [0.3, 0.4) is 0 Å². The van der Waals surface area contributed by atoms with Gasteiger partial charge in [-0.3, -0.25) is 18.8 Å². The Bertz CT molecular complexity index is 1470. The van der Waals surface area contributed by atoms with Crippen molar-refractivity contribution >= 4 is 23.2 Å². The number of nitrogens with one attached hydrogen (secondary N) is 1. The van der Waals surface area contributed by atoms with Crippen molar-refractivity contribution in [3.63, 3.8) is 0 Å². The molecule has 14 heteroatoms. The number of carbonyl (C=O) groups excluding carboxylic acids is 1. The van der Waals surface area contributed by atoms with Gasteiger partial charge in [0.1, 0.15) is 17.8 Å². The van der Waals surface area contributed by atoms with E-state index in [2.05, 4.69) is 25.1 Å². The van der Waals surface area contributed by atoms with Crippen molar-refractivity contribution < 1.29 is 27.6 Å². The molecule has 0 unspecified atom stereocenters. The number of hydrogen-bond donors (Lipinski definition) is 2. The van der Waals surface area contributed by atoms with Crippen molar-refractivity contribution in [2.75, 3.05) is 5.32 Å². The van der Waals surface area contributed by atoms with Crippen LogP contribution in [0.5, 0.6) is 5.75 Å². The van der Waals surface area contributed by atoms with Crippen LogP contribution in [0.15, 0.2) is 58.4 Å². The molecule has 0 spiro atoms. The maximum Gasteiger partial charge on any atom is 0.419 e.